The zero-order chi connectivity index (χ0) is 11.6. The summed E-state index contributed by atoms with van der Waals surface area (Å²) < 4.78 is 37.5. The average Bonchev–Trinajstić information content (AvgIpc) is 2.29. The van der Waals surface area contributed by atoms with Crippen molar-refractivity contribution in [1.82, 2.24) is 0 Å². The maximum atomic E-state index is 12.5. The molecule has 0 atom stereocenters. The lowest BCUT2D eigenvalue weighted by molar-refractivity contribution is -0.137. The summed E-state index contributed by atoms with van der Waals surface area (Å²) in [6.07, 6.45) is -0.185. The van der Waals surface area contributed by atoms with Crippen LogP contribution >= 0.6 is 0 Å². The number of alkyl halides is 3. The van der Waals surface area contributed by atoms with Crippen LogP contribution in [0, 0.1) is 0 Å². The zero-order valence-corrected chi connectivity index (χ0v) is 8.46. The highest BCUT2D eigenvalue weighted by Gasteiger charge is 2.30. The Labute approximate surface area is 91.3 Å². The number of rotatable bonds is 1. The first-order valence-electron chi connectivity index (χ1n) is 4.94. The molecule has 0 saturated carbocycles. The molecule has 0 fully saturated rings. The summed E-state index contributed by atoms with van der Waals surface area (Å²) in [5, 5.41) is 0. The van der Waals surface area contributed by atoms with Crippen molar-refractivity contribution >= 4 is 11.8 Å². The van der Waals surface area contributed by atoms with Crippen molar-refractivity contribution in [3.05, 3.63) is 41.5 Å². The van der Waals surface area contributed by atoms with E-state index in [1.54, 1.807) is 18.4 Å². The van der Waals surface area contributed by atoms with Crippen molar-refractivity contribution in [3.63, 3.8) is 0 Å². The summed E-state index contributed by atoms with van der Waals surface area (Å²) in [6, 6.07) is 5.40. The van der Waals surface area contributed by atoms with Gasteiger partial charge in [0.05, 0.1) is 5.56 Å². The van der Waals surface area contributed by atoms with Gasteiger partial charge in [0.25, 0.3) is 0 Å². The quantitative estimate of drug-likeness (QED) is 0.692. The third-order valence-electron chi connectivity index (χ3n) is 2.45. The molecule has 0 aliphatic carbocycles. The predicted octanol–water partition coefficient (Wildman–Crippen LogP) is 3.56. The minimum absolute atomic E-state index is 0.603. The molecule has 0 saturated heterocycles. The lowest BCUT2D eigenvalue weighted by Crippen LogP contribution is -2.05. The molecule has 1 nitrogen and oxygen atoms in total. The van der Waals surface area contributed by atoms with Gasteiger partial charge in [-0.3, -0.25) is 4.99 Å². The largest absolute Gasteiger partial charge is 0.416 e. The van der Waals surface area contributed by atoms with Crippen molar-refractivity contribution in [2.75, 3.05) is 6.54 Å². The third-order valence-corrected chi connectivity index (χ3v) is 2.45. The van der Waals surface area contributed by atoms with Crippen molar-refractivity contribution in [3.8, 4) is 0 Å². The van der Waals surface area contributed by atoms with Gasteiger partial charge >= 0.3 is 6.18 Å². The molecule has 16 heavy (non-hydrogen) atoms. The molecular formula is C12H10F3N. The number of hydrogen-bond acceptors (Lipinski definition) is 1. The zero-order valence-electron chi connectivity index (χ0n) is 8.46. The molecule has 1 heterocycles. The predicted molar refractivity (Wildman–Crippen MR) is 57.4 cm³/mol. The summed E-state index contributed by atoms with van der Waals surface area (Å²) >= 11 is 0. The van der Waals surface area contributed by atoms with Gasteiger partial charge in [-0.1, -0.05) is 12.1 Å². The van der Waals surface area contributed by atoms with E-state index in [1.807, 2.05) is 0 Å². The Bertz CT molecular complexity index is 444. The van der Waals surface area contributed by atoms with Crippen LogP contribution in [-0.4, -0.2) is 12.8 Å². The van der Waals surface area contributed by atoms with Crippen LogP contribution in [0.2, 0.25) is 0 Å². The molecule has 2 rings (SSSR count). The van der Waals surface area contributed by atoms with Gasteiger partial charge in [-0.05, 0) is 35.8 Å². The van der Waals surface area contributed by atoms with Crippen LogP contribution in [0.4, 0.5) is 13.2 Å². The van der Waals surface area contributed by atoms with Gasteiger partial charge in [0.2, 0.25) is 0 Å². The van der Waals surface area contributed by atoms with Crippen LogP contribution in [0.15, 0.2) is 35.3 Å². The van der Waals surface area contributed by atoms with Crippen LogP contribution in [0.5, 0.6) is 0 Å². The summed E-state index contributed by atoms with van der Waals surface area (Å²) in [5.74, 6) is 0. The van der Waals surface area contributed by atoms with Crippen molar-refractivity contribution in [2.45, 2.75) is 12.6 Å². The Balaban J connectivity index is 2.36. The molecule has 0 amide bonds. The van der Waals surface area contributed by atoms with Crippen LogP contribution in [-0.2, 0) is 6.18 Å². The van der Waals surface area contributed by atoms with Crippen molar-refractivity contribution < 1.29 is 13.2 Å². The second kappa shape index (κ2) is 4.12. The fourth-order valence-electron chi connectivity index (χ4n) is 1.62. The van der Waals surface area contributed by atoms with Crippen molar-refractivity contribution in [2.24, 2.45) is 4.99 Å². The SMILES string of the molecule is FC(F)(F)c1cccc(C2=CC=NCC2)c1. The van der Waals surface area contributed by atoms with Gasteiger partial charge in [0.1, 0.15) is 0 Å². The molecule has 1 aliphatic heterocycles. The van der Waals surface area contributed by atoms with Gasteiger partial charge in [-0.2, -0.15) is 13.2 Å². The molecule has 4 heteroatoms. The van der Waals surface area contributed by atoms with Crippen LogP contribution in [0.25, 0.3) is 5.57 Å². The van der Waals surface area contributed by atoms with Gasteiger partial charge in [-0.25, -0.2) is 0 Å². The monoisotopic (exact) mass is 225 g/mol. The molecule has 0 N–H and O–H groups in total. The van der Waals surface area contributed by atoms with E-state index < -0.39 is 11.7 Å². The van der Waals surface area contributed by atoms with Gasteiger partial charge in [-0.15, -0.1) is 0 Å². The number of halogens is 3. The van der Waals surface area contributed by atoms with E-state index >= 15 is 0 Å². The molecule has 0 aromatic heterocycles. The lowest BCUT2D eigenvalue weighted by atomic mass is 9.99. The van der Waals surface area contributed by atoms with Crippen LogP contribution in [0.1, 0.15) is 17.5 Å². The van der Waals surface area contributed by atoms with Crippen LogP contribution < -0.4 is 0 Å². The number of nitrogens with zero attached hydrogens (tertiary/aromatic N) is 1. The maximum Gasteiger partial charge on any atom is 0.416 e. The Hall–Kier alpha value is -1.58. The smallest absolute Gasteiger partial charge is 0.293 e. The Morgan fingerprint density at radius 1 is 1.19 bits per heavy atom. The maximum absolute atomic E-state index is 12.5. The number of dihydropyridines is 1. The van der Waals surface area contributed by atoms with Crippen molar-refractivity contribution in [1.29, 1.82) is 0 Å². The highest BCUT2D eigenvalue weighted by Crippen LogP contribution is 2.31. The van der Waals surface area contributed by atoms with E-state index in [1.165, 1.54) is 12.1 Å². The minimum atomic E-state index is -4.28. The molecule has 1 aliphatic rings. The molecule has 0 radical (unpaired) electrons. The fourth-order valence-corrected chi connectivity index (χ4v) is 1.62. The Morgan fingerprint density at radius 2 is 2.00 bits per heavy atom. The normalized spacial score (nSPS) is 16.1. The molecule has 0 spiro atoms. The number of allylic oxidation sites excluding steroid dienone is 1. The van der Waals surface area contributed by atoms with E-state index in [-0.39, 0.29) is 0 Å². The third kappa shape index (κ3) is 2.32. The van der Waals surface area contributed by atoms with E-state index in [0.717, 1.165) is 11.6 Å². The van der Waals surface area contributed by atoms with E-state index in [2.05, 4.69) is 4.99 Å². The van der Waals surface area contributed by atoms with E-state index in [4.69, 9.17) is 0 Å². The Kier molecular flexibility index (Phi) is 2.81. The first-order valence-corrected chi connectivity index (χ1v) is 4.94. The second-order valence-electron chi connectivity index (χ2n) is 3.58. The number of aliphatic imine (C=N–C) groups is 1. The first-order chi connectivity index (χ1) is 7.57. The molecule has 0 bridgehead atoms. The molecule has 84 valence electrons. The highest BCUT2D eigenvalue weighted by molar-refractivity contribution is 5.86. The Morgan fingerprint density at radius 3 is 2.62 bits per heavy atom. The summed E-state index contributed by atoms with van der Waals surface area (Å²) in [5.41, 5.74) is 0.926. The van der Waals surface area contributed by atoms with Gasteiger partial charge < -0.3 is 0 Å². The highest BCUT2D eigenvalue weighted by atomic mass is 19.4. The first kappa shape index (κ1) is 10.9. The number of benzene rings is 1. The molecule has 0 unspecified atom stereocenters. The lowest BCUT2D eigenvalue weighted by Gasteiger charge is -2.12. The van der Waals surface area contributed by atoms with Gasteiger partial charge in [0, 0.05) is 12.8 Å². The standard InChI is InChI=1S/C12H10F3N/c13-12(14,15)11-3-1-2-10(8-11)9-4-6-16-7-5-9/h1-4,6,8H,5,7H2. The second-order valence-corrected chi connectivity index (χ2v) is 3.58. The molecular weight excluding hydrogens is 215 g/mol. The van der Waals surface area contributed by atoms with E-state index in [0.29, 0.717) is 18.5 Å². The fraction of sp³-hybridized carbons (Fsp3) is 0.250. The average molecular weight is 225 g/mol. The topological polar surface area (TPSA) is 12.4 Å². The molecule has 1 aromatic rings. The number of hydrogen-bond donors (Lipinski definition) is 0. The van der Waals surface area contributed by atoms with E-state index in [9.17, 15) is 13.2 Å². The summed E-state index contributed by atoms with van der Waals surface area (Å²) in [6.45, 7) is 0.641. The molecule has 1 aromatic carbocycles. The summed E-state index contributed by atoms with van der Waals surface area (Å²) in [7, 11) is 0. The van der Waals surface area contributed by atoms with Gasteiger partial charge in [0.15, 0.2) is 0 Å². The van der Waals surface area contributed by atoms with Crippen LogP contribution in [0.3, 0.4) is 0 Å². The minimum Gasteiger partial charge on any atom is -0.293 e. The summed E-state index contributed by atoms with van der Waals surface area (Å²) in [4.78, 5) is 4.00.